The second-order valence-corrected chi connectivity index (χ2v) is 5.81. The Morgan fingerprint density at radius 3 is 2.28 bits per heavy atom. The topological polar surface area (TPSA) is 29.5 Å². The van der Waals surface area contributed by atoms with Gasteiger partial charge in [-0.25, -0.2) is 0 Å². The smallest absolute Gasteiger partial charge is 0.307 e. The molecule has 3 nitrogen and oxygen atoms in total. The number of carbonyl (C=O) groups is 1. The normalized spacial score (nSPS) is 24.7. The van der Waals surface area contributed by atoms with Crippen LogP contribution in [0.4, 0.5) is 0 Å². The van der Waals surface area contributed by atoms with E-state index in [1.165, 1.54) is 64.5 Å². The van der Waals surface area contributed by atoms with Gasteiger partial charge in [0.25, 0.3) is 0 Å². The third-order valence-electron chi connectivity index (χ3n) is 4.59. The Morgan fingerprint density at radius 2 is 1.67 bits per heavy atom. The van der Waals surface area contributed by atoms with E-state index in [1.54, 1.807) is 0 Å². The second-order valence-electron chi connectivity index (χ2n) is 5.81. The van der Waals surface area contributed by atoms with Crippen molar-refractivity contribution in [1.29, 1.82) is 0 Å². The molecule has 0 atom stereocenters. The van der Waals surface area contributed by atoms with Crippen LogP contribution in [0.3, 0.4) is 0 Å². The molecule has 1 heterocycles. The molecule has 104 valence electrons. The molecule has 0 amide bonds. The van der Waals surface area contributed by atoms with E-state index in [4.69, 9.17) is 4.74 Å². The summed E-state index contributed by atoms with van der Waals surface area (Å²) in [6.07, 6.45) is 10.8. The molecule has 0 spiro atoms. The number of esters is 1. The maximum Gasteiger partial charge on any atom is 0.307 e. The van der Waals surface area contributed by atoms with Crippen LogP contribution in [0.15, 0.2) is 0 Å². The van der Waals surface area contributed by atoms with Gasteiger partial charge in [0, 0.05) is 5.54 Å². The number of rotatable bonds is 4. The maximum absolute atomic E-state index is 11.9. The first kappa shape index (κ1) is 13.9. The summed E-state index contributed by atoms with van der Waals surface area (Å²) in [5.41, 5.74) is 0.130. The summed E-state index contributed by atoms with van der Waals surface area (Å²) in [4.78, 5) is 14.5. The molecule has 1 saturated carbocycles. The molecule has 3 heteroatoms. The van der Waals surface area contributed by atoms with E-state index in [0.29, 0.717) is 13.0 Å². The zero-order valence-corrected chi connectivity index (χ0v) is 11.7. The van der Waals surface area contributed by atoms with Gasteiger partial charge >= 0.3 is 5.97 Å². The lowest BCUT2D eigenvalue weighted by molar-refractivity contribution is -0.147. The van der Waals surface area contributed by atoms with Gasteiger partial charge in [0.15, 0.2) is 0 Å². The van der Waals surface area contributed by atoms with Crippen molar-refractivity contribution in [2.75, 3.05) is 19.7 Å². The van der Waals surface area contributed by atoms with Crippen LogP contribution >= 0.6 is 0 Å². The molecule has 0 aromatic rings. The highest BCUT2D eigenvalue weighted by molar-refractivity contribution is 5.71. The molecule has 1 saturated heterocycles. The van der Waals surface area contributed by atoms with Crippen molar-refractivity contribution >= 4 is 5.97 Å². The summed E-state index contributed by atoms with van der Waals surface area (Å²) < 4.78 is 5.19. The molecule has 2 rings (SSSR count). The van der Waals surface area contributed by atoms with Gasteiger partial charge < -0.3 is 4.74 Å². The lowest BCUT2D eigenvalue weighted by Gasteiger charge is -2.47. The molecular formula is C15H27NO2. The number of hydrogen-bond donors (Lipinski definition) is 0. The van der Waals surface area contributed by atoms with Gasteiger partial charge in [0.05, 0.1) is 13.0 Å². The van der Waals surface area contributed by atoms with Gasteiger partial charge in [-0.3, -0.25) is 9.69 Å². The molecule has 1 aliphatic carbocycles. The number of ether oxygens (including phenoxy) is 1. The Morgan fingerprint density at radius 1 is 1.06 bits per heavy atom. The van der Waals surface area contributed by atoms with Crippen LogP contribution in [0.1, 0.15) is 64.7 Å². The van der Waals surface area contributed by atoms with Crippen molar-refractivity contribution in [2.45, 2.75) is 70.3 Å². The Kier molecular flexibility index (Phi) is 5.04. The average molecular weight is 253 g/mol. The zero-order chi connectivity index (χ0) is 12.8. The first-order valence-corrected chi connectivity index (χ1v) is 7.67. The van der Waals surface area contributed by atoms with Gasteiger partial charge in [-0.2, -0.15) is 0 Å². The minimum atomic E-state index is 0.00461. The molecular weight excluding hydrogens is 226 g/mol. The highest BCUT2D eigenvalue weighted by Crippen LogP contribution is 2.38. The average Bonchev–Trinajstić information content (AvgIpc) is 2.41. The predicted octanol–water partition coefficient (Wildman–Crippen LogP) is 3.13. The fourth-order valence-electron chi connectivity index (χ4n) is 3.66. The zero-order valence-electron chi connectivity index (χ0n) is 11.7. The van der Waals surface area contributed by atoms with Crippen LogP contribution in [0.5, 0.6) is 0 Å². The Balaban J connectivity index is 2.03. The molecule has 0 aromatic carbocycles. The molecule has 18 heavy (non-hydrogen) atoms. The lowest BCUT2D eigenvalue weighted by Crippen LogP contribution is -2.53. The van der Waals surface area contributed by atoms with Crippen molar-refractivity contribution in [3.63, 3.8) is 0 Å². The SMILES string of the molecule is CCOC(=O)CC1(N2CCCCC2)CCCCC1. The third-order valence-corrected chi connectivity index (χ3v) is 4.59. The summed E-state index contributed by atoms with van der Waals surface area (Å²) in [5, 5.41) is 0. The number of piperidine rings is 1. The van der Waals surface area contributed by atoms with E-state index < -0.39 is 0 Å². The van der Waals surface area contributed by atoms with E-state index in [0.717, 1.165) is 0 Å². The molecule has 0 N–H and O–H groups in total. The highest BCUT2D eigenvalue weighted by Gasteiger charge is 2.40. The number of carbonyl (C=O) groups excluding carboxylic acids is 1. The summed E-state index contributed by atoms with van der Waals surface area (Å²) in [5.74, 6) is 0.00461. The first-order valence-electron chi connectivity index (χ1n) is 7.67. The summed E-state index contributed by atoms with van der Waals surface area (Å²) in [6.45, 7) is 4.76. The molecule has 0 bridgehead atoms. The summed E-state index contributed by atoms with van der Waals surface area (Å²) in [6, 6.07) is 0. The monoisotopic (exact) mass is 253 g/mol. The van der Waals surface area contributed by atoms with Crippen LogP contribution in [0.25, 0.3) is 0 Å². The largest absolute Gasteiger partial charge is 0.466 e. The van der Waals surface area contributed by atoms with Crippen molar-refractivity contribution < 1.29 is 9.53 Å². The quantitative estimate of drug-likeness (QED) is 0.721. The minimum absolute atomic E-state index is 0.00461. The highest BCUT2D eigenvalue weighted by atomic mass is 16.5. The molecule has 0 radical (unpaired) electrons. The number of likely N-dealkylation sites (tertiary alicyclic amines) is 1. The summed E-state index contributed by atoms with van der Waals surface area (Å²) in [7, 11) is 0. The van der Waals surface area contributed by atoms with E-state index in [2.05, 4.69) is 4.90 Å². The van der Waals surface area contributed by atoms with Crippen LogP contribution in [0, 0.1) is 0 Å². The third kappa shape index (κ3) is 3.25. The van der Waals surface area contributed by atoms with E-state index >= 15 is 0 Å². The molecule has 2 fully saturated rings. The molecule has 1 aliphatic heterocycles. The van der Waals surface area contributed by atoms with Crippen LogP contribution in [-0.4, -0.2) is 36.1 Å². The van der Waals surface area contributed by atoms with Gasteiger partial charge in [-0.05, 0) is 45.7 Å². The van der Waals surface area contributed by atoms with Crippen molar-refractivity contribution in [2.24, 2.45) is 0 Å². The van der Waals surface area contributed by atoms with Crippen molar-refractivity contribution in [3.05, 3.63) is 0 Å². The fourth-order valence-corrected chi connectivity index (χ4v) is 3.66. The maximum atomic E-state index is 11.9. The predicted molar refractivity (Wildman–Crippen MR) is 72.5 cm³/mol. The van der Waals surface area contributed by atoms with E-state index in [1.807, 2.05) is 6.92 Å². The second kappa shape index (κ2) is 6.55. The molecule has 0 aromatic heterocycles. The van der Waals surface area contributed by atoms with Crippen LogP contribution in [0.2, 0.25) is 0 Å². The minimum Gasteiger partial charge on any atom is -0.466 e. The van der Waals surface area contributed by atoms with Crippen LogP contribution < -0.4 is 0 Å². The van der Waals surface area contributed by atoms with E-state index in [9.17, 15) is 4.79 Å². The molecule has 2 aliphatic rings. The number of nitrogens with zero attached hydrogens (tertiary/aromatic N) is 1. The first-order chi connectivity index (χ1) is 8.77. The summed E-state index contributed by atoms with van der Waals surface area (Å²) >= 11 is 0. The van der Waals surface area contributed by atoms with E-state index in [-0.39, 0.29) is 11.5 Å². The fraction of sp³-hybridized carbons (Fsp3) is 0.933. The standard InChI is InChI=1S/C15H27NO2/c1-2-18-14(17)13-15(9-5-3-6-10-15)16-11-7-4-8-12-16/h2-13H2,1H3. The lowest BCUT2D eigenvalue weighted by atomic mass is 9.77. The number of hydrogen-bond acceptors (Lipinski definition) is 3. The Bertz CT molecular complexity index is 266. The van der Waals surface area contributed by atoms with Crippen LogP contribution in [-0.2, 0) is 9.53 Å². The van der Waals surface area contributed by atoms with Crippen molar-refractivity contribution in [1.82, 2.24) is 4.90 Å². The van der Waals surface area contributed by atoms with Crippen molar-refractivity contribution in [3.8, 4) is 0 Å². The van der Waals surface area contributed by atoms with Gasteiger partial charge in [0.1, 0.15) is 0 Å². The Hall–Kier alpha value is -0.570. The Labute approximate surface area is 111 Å². The molecule has 0 unspecified atom stereocenters. The van der Waals surface area contributed by atoms with Gasteiger partial charge in [0.2, 0.25) is 0 Å². The van der Waals surface area contributed by atoms with Gasteiger partial charge in [-0.15, -0.1) is 0 Å². The van der Waals surface area contributed by atoms with Gasteiger partial charge in [-0.1, -0.05) is 25.7 Å².